The van der Waals surface area contributed by atoms with Crippen LogP contribution in [0.15, 0.2) is 29.2 Å². The Kier molecular flexibility index (Phi) is 4.13. The molecule has 1 N–H and O–H groups in total. The predicted molar refractivity (Wildman–Crippen MR) is 61.5 cm³/mol. The van der Waals surface area contributed by atoms with Crippen LogP contribution in [0, 0.1) is 0 Å². The van der Waals surface area contributed by atoms with E-state index in [9.17, 15) is 8.42 Å². The first kappa shape index (κ1) is 12.5. The Morgan fingerprint density at radius 3 is 2.53 bits per heavy atom. The number of hydrogen-bond donors (Lipinski definition) is 1. The third-order valence-corrected chi connectivity index (χ3v) is 4.18. The zero-order chi connectivity index (χ0) is 11.5. The number of halogens is 1. The first-order chi connectivity index (χ1) is 6.97. The van der Waals surface area contributed by atoms with Gasteiger partial charge < -0.3 is 0 Å². The van der Waals surface area contributed by atoms with Gasteiger partial charge in [-0.1, -0.05) is 30.7 Å². The lowest BCUT2D eigenvalue weighted by Gasteiger charge is -2.12. The molecule has 0 aliphatic rings. The van der Waals surface area contributed by atoms with Crippen LogP contribution in [0.1, 0.15) is 20.3 Å². The maximum atomic E-state index is 11.8. The van der Waals surface area contributed by atoms with E-state index in [0.717, 1.165) is 6.42 Å². The second-order valence-corrected chi connectivity index (χ2v) is 5.45. The molecule has 15 heavy (non-hydrogen) atoms. The molecule has 0 amide bonds. The lowest BCUT2D eigenvalue weighted by atomic mass is 10.3. The lowest BCUT2D eigenvalue weighted by molar-refractivity contribution is 0.556. The minimum Gasteiger partial charge on any atom is -0.208 e. The monoisotopic (exact) mass is 247 g/mol. The van der Waals surface area contributed by atoms with Gasteiger partial charge in [0.1, 0.15) is 4.90 Å². The van der Waals surface area contributed by atoms with Gasteiger partial charge in [0, 0.05) is 6.04 Å². The average Bonchev–Trinajstić information content (AvgIpc) is 2.17. The third kappa shape index (κ3) is 3.19. The van der Waals surface area contributed by atoms with Crippen LogP contribution in [0.3, 0.4) is 0 Å². The van der Waals surface area contributed by atoms with Crippen molar-refractivity contribution in [1.82, 2.24) is 4.72 Å². The molecule has 1 aromatic carbocycles. The highest BCUT2D eigenvalue weighted by Gasteiger charge is 2.18. The summed E-state index contributed by atoms with van der Waals surface area (Å²) in [4.78, 5) is 0.131. The summed E-state index contributed by atoms with van der Waals surface area (Å²) in [5.74, 6) is 0. The minimum absolute atomic E-state index is 0.0914. The Balaban J connectivity index is 3.02. The van der Waals surface area contributed by atoms with E-state index in [-0.39, 0.29) is 16.0 Å². The summed E-state index contributed by atoms with van der Waals surface area (Å²) >= 11 is 5.82. The normalized spacial score (nSPS) is 13.8. The van der Waals surface area contributed by atoms with Crippen molar-refractivity contribution in [3.05, 3.63) is 29.3 Å². The van der Waals surface area contributed by atoms with E-state index in [4.69, 9.17) is 11.6 Å². The van der Waals surface area contributed by atoms with Crippen LogP contribution in [0.2, 0.25) is 5.02 Å². The van der Waals surface area contributed by atoms with Crippen LogP contribution in [0.5, 0.6) is 0 Å². The van der Waals surface area contributed by atoms with E-state index in [1.54, 1.807) is 18.2 Å². The van der Waals surface area contributed by atoms with Gasteiger partial charge in [-0.3, -0.25) is 0 Å². The van der Waals surface area contributed by atoms with Crippen molar-refractivity contribution in [2.75, 3.05) is 0 Å². The highest BCUT2D eigenvalue weighted by Crippen LogP contribution is 2.20. The fraction of sp³-hybridized carbons (Fsp3) is 0.400. The Morgan fingerprint density at radius 1 is 1.40 bits per heavy atom. The van der Waals surface area contributed by atoms with Crippen LogP contribution >= 0.6 is 11.6 Å². The number of hydrogen-bond acceptors (Lipinski definition) is 2. The number of sulfonamides is 1. The fourth-order valence-corrected chi connectivity index (χ4v) is 2.92. The molecule has 0 saturated carbocycles. The summed E-state index contributed by atoms with van der Waals surface area (Å²) in [6, 6.07) is 6.31. The second kappa shape index (κ2) is 4.96. The molecule has 0 unspecified atom stereocenters. The van der Waals surface area contributed by atoms with Gasteiger partial charge in [-0.05, 0) is 25.5 Å². The molecule has 0 bridgehead atoms. The van der Waals surface area contributed by atoms with E-state index in [1.807, 2.05) is 13.8 Å². The van der Waals surface area contributed by atoms with Crippen LogP contribution < -0.4 is 4.72 Å². The Morgan fingerprint density at radius 2 is 2.00 bits per heavy atom. The molecule has 5 heteroatoms. The molecule has 0 aromatic heterocycles. The SMILES string of the molecule is CC[C@@H](C)NS(=O)(=O)c1ccccc1Cl. The van der Waals surface area contributed by atoms with E-state index in [0.29, 0.717) is 0 Å². The molecular weight excluding hydrogens is 234 g/mol. The lowest BCUT2D eigenvalue weighted by Crippen LogP contribution is -2.32. The summed E-state index contributed by atoms with van der Waals surface area (Å²) in [5.41, 5.74) is 0. The summed E-state index contributed by atoms with van der Waals surface area (Å²) in [6.45, 7) is 3.73. The van der Waals surface area contributed by atoms with Crippen molar-refractivity contribution in [3.63, 3.8) is 0 Å². The molecule has 0 aliphatic carbocycles. The first-order valence-corrected chi connectivity index (χ1v) is 6.60. The summed E-state index contributed by atoms with van der Waals surface area (Å²) in [5, 5.41) is 0.244. The van der Waals surface area contributed by atoms with Crippen LogP contribution in [0.4, 0.5) is 0 Å². The Labute approximate surface area is 95.5 Å². The summed E-state index contributed by atoms with van der Waals surface area (Å²) in [6.07, 6.45) is 0.740. The van der Waals surface area contributed by atoms with E-state index < -0.39 is 10.0 Å². The van der Waals surface area contributed by atoms with Gasteiger partial charge in [-0.25, -0.2) is 13.1 Å². The molecule has 0 spiro atoms. The quantitative estimate of drug-likeness (QED) is 0.888. The zero-order valence-corrected chi connectivity index (χ0v) is 10.3. The Bertz CT molecular complexity index is 431. The van der Waals surface area contributed by atoms with Crippen molar-refractivity contribution in [2.24, 2.45) is 0 Å². The fourth-order valence-electron chi connectivity index (χ4n) is 1.07. The van der Waals surface area contributed by atoms with E-state index in [2.05, 4.69) is 4.72 Å². The first-order valence-electron chi connectivity index (χ1n) is 4.74. The highest BCUT2D eigenvalue weighted by molar-refractivity contribution is 7.89. The van der Waals surface area contributed by atoms with Crippen molar-refractivity contribution >= 4 is 21.6 Å². The molecule has 0 saturated heterocycles. The molecule has 1 atom stereocenters. The topological polar surface area (TPSA) is 46.2 Å². The Hall–Kier alpha value is -0.580. The second-order valence-electron chi connectivity index (χ2n) is 3.36. The number of benzene rings is 1. The third-order valence-electron chi connectivity index (χ3n) is 2.09. The smallest absolute Gasteiger partial charge is 0.208 e. The van der Waals surface area contributed by atoms with Gasteiger partial charge in [-0.15, -0.1) is 0 Å². The molecule has 0 fully saturated rings. The largest absolute Gasteiger partial charge is 0.242 e. The molecule has 0 radical (unpaired) electrons. The van der Waals surface area contributed by atoms with Gasteiger partial charge in [-0.2, -0.15) is 0 Å². The zero-order valence-electron chi connectivity index (χ0n) is 8.70. The van der Waals surface area contributed by atoms with Gasteiger partial charge in [0.15, 0.2) is 0 Å². The van der Waals surface area contributed by atoms with Gasteiger partial charge in [0.2, 0.25) is 10.0 Å². The van der Waals surface area contributed by atoms with Crippen LogP contribution in [0.25, 0.3) is 0 Å². The van der Waals surface area contributed by atoms with Gasteiger partial charge in [0.05, 0.1) is 5.02 Å². The van der Waals surface area contributed by atoms with Crippen molar-refractivity contribution in [3.8, 4) is 0 Å². The predicted octanol–water partition coefficient (Wildman–Crippen LogP) is 2.42. The molecule has 3 nitrogen and oxygen atoms in total. The number of rotatable bonds is 4. The van der Waals surface area contributed by atoms with Gasteiger partial charge in [0.25, 0.3) is 0 Å². The average molecular weight is 248 g/mol. The maximum Gasteiger partial charge on any atom is 0.242 e. The highest BCUT2D eigenvalue weighted by atomic mass is 35.5. The molecule has 0 aliphatic heterocycles. The van der Waals surface area contributed by atoms with Crippen LogP contribution in [-0.4, -0.2) is 14.5 Å². The molecule has 84 valence electrons. The standard InChI is InChI=1S/C10H14ClNO2S/c1-3-8(2)12-15(13,14)10-7-5-4-6-9(10)11/h4-8,12H,3H2,1-2H3/t8-/m1/s1. The van der Waals surface area contributed by atoms with Crippen molar-refractivity contribution in [1.29, 1.82) is 0 Å². The molecule has 0 heterocycles. The molecule has 1 rings (SSSR count). The summed E-state index contributed by atoms with van der Waals surface area (Å²) in [7, 11) is -3.48. The van der Waals surface area contributed by atoms with Crippen molar-refractivity contribution in [2.45, 2.75) is 31.2 Å². The van der Waals surface area contributed by atoms with Crippen LogP contribution in [-0.2, 0) is 10.0 Å². The maximum absolute atomic E-state index is 11.8. The minimum atomic E-state index is -3.48. The van der Waals surface area contributed by atoms with E-state index in [1.165, 1.54) is 6.07 Å². The summed E-state index contributed by atoms with van der Waals surface area (Å²) < 4.78 is 26.2. The van der Waals surface area contributed by atoms with E-state index >= 15 is 0 Å². The molecular formula is C10H14ClNO2S. The number of nitrogens with one attached hydrogen (secondary N) is 1. The van der Waals surface area contributed by atoms with Gasteiger partial charge >= 0.3 is 0 Å². The molecule has 1 aromatic rings. The van der Waals surface area contributed by atoms with Crippen molar-refractivity contribution < 1.29 is 8.42 Å².